The second-order valence-electron chi connectivity index (χ2n) is 4.32. The predicted molar refractivity (Wildman–Crippen MR) is 53.7 cm³/mol. The summed E-state index contributed by atoms with van der Waals surface area (Å²) in [5, 5.41) is 0. The number of pyridine rings is 1. The monoisotopic (exact) mass is 190 g/mol. The zero-order valence-electron chi connectivity index (χ0n) is 8.74. The Bertz CT molecular complexity index is 385. The Morgan fingerprint density at radius 2 is 2.21 bits per heavy atom. The van der Waals surface area contributed by atoms with Crippen LogP contribution in [0.4, 0.5) is 0 Å². The van der Waals surface area contributed by atoms with Crippen molar-refractivity contribution in [2.24, 2.45) is 0 Å². The van der Waals surface area contributed by atoms with E-state index in [1.54, 1.807) is 11.1 Å². The van der Waals surface area contributed by atoms with Gasteiger partial charge in [-0.2, -0.15) is 0 Å². The summed E-state index contributed by atoms with van der Waals surface area (Å²) in [7, 11) is 1.83. The first-order chi connectivity index (χ1) is 6.53. The van der Waals surface area contributed by atoms with E-state index >= 15 is 0 Å². The van der Waals surface area contributed by atoms with Crippen molar-refractivity contribution >= 4 is 5.91 Å². The maximum absolute atomic E-state index is 11.9. The molecule has 14 heavy (non-hydrogen) atoms. The zero-order valence-corrected chi connectivity index (χ0v) is 8.74. The molecule has 0 saturated heterocycles. The highest BCUT2D eigenvalue weighted by atomic mass is 16.2. The first kappa shape index (κ1) is 9.19. The lowest BCUT2D eigenvalue weighted by Crippen LogP contribution is -2.45. The molecule has 0 unspecified atom stereocenters. The maximum Gasteiger partial charge on any atom is 0.232 e. The summed E-state index contributed by atoms with van der Waals surface area (Å²) >= 11 is 0. The minimum Gasteiger partial charge on any atom is -0.341 e. The van der Waals surface area contributed by atoms with Crippen LogP contribution in [0.3, 0.4) is 0 Å². The molecule has 1 aliphatic rings. The molecule has 0 N–H and O–H groups in total. The lowest BCUT2D eigenvalue weighted by Gasteiger charge is -2.36. The van der Waals surface area contributed by atoms with Gasteiger partial charge in [-0.1, -0.05) is 0 Å². The summed E-state index contributed by atoms with van der Waals surface area (Å²) in [5.74, 6) is 0.177. The fourth-order valence-corrected chi connectivity index (χ4v) is 2.08. The Hall–Kier alpha value is -1.38. The van der Waals surface area contributed by atoms with Crippen molar-refractivity contribution in [3.63, 3.8) is 0 Å². The van der Waals surface area contributed by atoms with Crippen molar-refractivity contribution < 1.29 is 4.79 Å². The van der Waals surface area contributed by atoms with Crippen molar-refractivity contribution in [1.29, 1.82) is 0 Å². The molecule has 3 heteroatoms. The van der Waals surface area contributed by atoms with E-state index in [0.717, 1.165) is 11.1 Å². The summed E-state index contributed by atoms with van der Waals surface area (Å²) in [5.41, 5.74) is 1.85. The molecule has 0 saturated carbocycles. The normalized spacial score (nSPS) is 19.4. The van der Waals surface area contributed by atoms with Crippen LogP contribution in [0, 0.1) is 0 Å². The number of fused-ring (bicyclic) bond motifs is 1. The molecular formula is C11H14N2O. The number of hydrogen-bond acceptors (Lipinski definition) is 2. The predicted octanol–water partition coefficient (Wildman–Crippen LogP) is 1.33. The minimum atomic E-state index is -0.411. The molecule has 1 amide bonds. The van der Waals surface area contributed by atoms with E-state index in [4.69, 9.17) is 0 Å². The molecule has 1 aromatic rings. The molecule has 74 valence electrons. The molecule has 3 nitrogen and oxygen atoms in total. The number of hydrogen-bond donors (Lipinski definition) is 0. The standard InChI is InChI=1S/C11H14N2O/c1-11(2)9-4-5-12-6-8(9)7-13(3)10(11)14/h4-6H,7H2,1-3H3. The Morgan fingerprint density at radius 3 is 2.93 bits per heavy atom. The summed E-state index contributed by atoms with van der Waals surface area (Å²) in [6, 6.07) is 1.94. The van der Waals surface area contributed by atoms with E-state index in [2.05, 4.69) is 4.98 Å². The summed E-state index contributed by atoms with van der Waals surface area (Å²) in [6.07, 6.45) is 3.60. The average Bonchev–Trinajstić information content (AvgIpc) is 2.15. The quantitative estimate of drug-likeness (QED) is 0.618. The maximum atomic E-state index is 11.9. The van der Waals surface area contributed by atoms with Crippen LogP contribution in [0.25, 0.3) is 0 Å². The third-order valence-corrected chi connectivity index (χ3v) is 2.87. The molecule has 0 aliphatic carbocycles. The van der Waals surface area contributed by atoms with Crippen LogP contribution in [0.15, 0.2) is 18.5 Å². The Kier molecular flexibility index (Phi) is 1.84. The van der Waals surface area contributed by atoms with Gasteiger partial charge < -0.3 is 4.90 Å². The molecule has 0 atom stereocenters. The zero-order chi connectivity index (χ0) is 10.3. The van der Waals surface area contributed by atoms with Gasteiger partial charge in [-0.3, -0.25) is 9.78 Å². The van der Waals surface area contributed by atoms with Crippen LogP contribution in [0.2, 0.25) is 0 Å². The smallest absolute Gasteiger partial charge is 0.232 e. The van der Waals surface area contributed by atoms with Gasteiger partial charge in [0.05, 0.1) is 5.41 Å². The number of likely N-dealkylation sites (N-methyl/N-ethyl adjacent to an activating group) is 1. The van der Waals surface area contributed by atoms with E-state index in [1.165, 1.54) is 0 Å². The molecule has 0 spiro atoms. The van der Waals surface area contributed by atoms with Gasteiger partial charge in [-0.05, 0) is 31.0 Å². The first-order valence-electron chi connectivity index (χ1n) is 4.72. The highest BCUT2D eigenvalue weighted by Crippen LogP contribution is 2.32. The van der Waals surface area contributed by atoms with Gasteiger partial charge in [0.2, 0.25) is 5.91 Å². The number of nitrogens with zero attached hydrogens (tertiary/aromatic N) is 2. The van der Waals surface area contributed by atoms with Crippen LogP contribution < -0.4 is 0 Å². The van der Waals surface area contributed by atoms with Crippen molar-refractivity contribution in [2.75, 3.05) is 7.05 Å². The number of carbonyl (C=O) groups is 1. The van der Waals surface area contributed by atoms with Crippen molar-refractivity contribution in [3.05, 3.63) is 29.6 Å². The second kappa shape index (κ2) is 2.80. The molecule has 2 rings (SSSR count). The molecule has 0 bridgehead atoms. The SMILES string of the molecule is CN1Cc2cnccc2C(C)(C)C1=O. The van der Waals surface area contributed by atoms with E-state index in [-0.39, 0.29) is 5.91 Å². The first-order valence-corrected chi connectivity index (χ1v) is 4.72. The van der Waals surface area contributed by atoms with E-state index < -0.39 is 5.41 Å². The van der Waals surface area contributed by atoms with Crippen LogP contribution in [0.1, 0.15) is 25.0 Å². The van der Waals surface area contributed by atoms with Crippen molar-refractivity contribution in [3.8, 4) is 0 Å². The highest BCUT2D eigenvalue weighted by Gasteiger charge is 2.38. The van der Waals surface area contributed by atoms with E-state index in [1.807, 2.05) is 33.2 Å². The molecule has 1 aliphatic heterocycles. The summed E-state index contributed by atoms with van der Waals surface area (Å²) < 4.78 is 0. The second-order valence-corrected chi connectivity index (χ2v) is 4.32. The molecule has 0 aromatic carbocycles. The van der Waals surface area contributed by atoms with Gasteiger partial charge in [-0.25, -0.2) is 0 Å². The van der Waals surface area contributed by atoms with Gasteiger partial charge in [-0.15, -0.1) is 0 Å². The van der Waals surface area contributed by atoms with E-state index in [0.29, 0.717) is 6.54 Å². The largest absolute Gasteiger partial charge is 0.341 e. The average molecular weight is 190 g/mol. The van der Waals surface area contributed by atoms with Crippen molar-refractivity contribution in [1.82, 2.24) is 9.88 Å². The van der Waals surface area contributed by atoms with Crippen LogP contribution >= 0.6 is 0 Å². The van der Waals surface area contributed by atoms with Gasteiger partial charge in [0.15, 0.2) is 0 Å². The molecule has 0 fully saturated rings. The van der Waals surface area contributed by atoms with Crippen molar-refractivity contribution in [2.45, 2.75) is 25.8 Å². The Labute approximate surface area is 83.8 Å². The lowest BCUT2D eigenvalue weighted by atomic mass is 9.78. The highest BCUT2D eigenvalue weighted by molar-refractivity contribution is 5.89. The van der Waals surface area contributed by atoms with Gasteiger partial charge in [0.1, 0.15) is 0 Å². The van der Waals surface area contributed by atoms with Crippen LogP contribution in [-0.2, 0) is 16.8 Å². The Balaban J connectivity index is 2.60. The Morgan fingerprint density at radius 1 is 1.50 bits per heavy atom. The number of carbonyl (C=O) groups excluding carboxylic acids is 1. The topological polar surface area (TPSA) is 33.2 Å². The van der Waals surface area contributed by atoms with Gasteiger partial charge in [0, 0.05) is 26.0 Å². The molecule has 1 aromatic heterocycles. The van der Waals surface area contributed by atoms with E-state index in [9.17, 15) is 4.79 Å². The number of aromatic nitrogens is 1. The third kappa shape index (κ3) is 1.12. The number of amides is 1. The lowest BCUT2D eigenvalue weighted by molar-refractivity contribution is -0.136. The molecule has 0 radical (unpaired) electrons. The van der Waals surface area contributed by atoms with Gasteiger partial charge in [0.25, 0.3) is 0 Å². The molecular weight excluding hydrogens is 176 g/mol. The van der Waals surface area contributed by atoms with Crippen LogP contribution in [0.5, 0.6) is 0 Å². The fourth-order valence-electron chi connectivity index (χ4n) is 2.08. The minimum absolute atomic E-state index is 0.177. The summed E-state index contributed by atoms with van der Waals surface area (Å²) in [4.78, 5) is 17.8. The van der Waals surface area contributed by atoms with Gasteiger partial charge >= 0.3 is 0 Å². The molecule has 2 heterocycles. The number of rotatable bonds is 0. The third-order valence-electron chi connectivity index (χ3n) is 2.87. The fraction of sp³-hybridized carbons (Fsp3) is 0.455. The van der Waals surface area contributed by atoms with Crippen LogP contribution in [-0.4, -0.2) is 22.8 Å². The summed E-state index contributed by atoms with van der Waals surface area (Å²) in [6.45, 7) is 4.60.